The molecule has 3 rings (SSSR count). The molecule has 0 spiro atoms. The van der Waals surface area contributed by atoms with Gasteiger partial charge < -0.3 is 4.90 Å². The standard InChI is InChI=1S/C18H23ClN2O3S3/c1-3-20(12-15-7-8-16(19)26-15)18(22)14-5-4-10-21(11-14)27(23,24)17-9-6-13(2)25-17/h6-9,14H,3-5,10-12H2,1-2H3. The number of hydrogen-bond donors (Lipinski definition) is 0. The molecule has 3 heterocycles. The fourth-order valence-electron chi connectivity index (χ4n) is 3.27. The second-order valence-corrected chi connectivity index (χ2v) is 11.9. The van der Waals surface area contributed by atoms with E-state index < -0.39 is 10.0 Å². The highest BCUT2D eigenvalue weighted by Crippen LogP contribution is 2.29. The van der Waals surface area contributed by atoms with E-state index in [0.717, 1.165) is 16.2 Å². The molecule has 2 aromatic rings. The number of piperidine rings is 1. The first-order chi connectivity index (χ1) is 12.8. The summed E-state index contributed by atoms with van der Waals surface area (Å²) in [7, 11) is -3.53. The van der Waals surface area contributed by atoms with Crippen LogP contribution in [0.3, 0.4) is 0 Å². The van der Waals surface area contributed by atoms with E-state index in [1.807, 2.05) is 32.0 Å². The van der Waals surface area contributed by atoms with Crippen LogP contribution >= 0.6 is 34.3 Å². The van der Waals surface area contributed by atoms with Crippen LogP contribution in [0.25, 0.3) is 0 Å². The minimum atomic E-state index is -3.53. The molecule has 27 heavy (non-hydrogen) atoms. The zero-order chi connectivity index (χ0) is 19.6. The van der Waals surface area contributed by atoms with Crippen molar-refractivity contribution in [3.8, 4) is 0 Å². The van der Waals surface area contributed by atoms with Crippen LogP contribution in [0.1, 0.15) is 29.5 Å². The van der Waals surface area contributed by atoms with E-state index in [1.54, 1.807) is 11.0 Å². The molecule has 0 radical (unpaired) electrons. The van der Waals surface area contributed by atoms with Gasteiger partial charge in [0.15, 0.2) is 0 Å². The Bertz CT molecular complexity index is 907. The predicted molar refractivity (Wildman–Crippen MR) is 111 cm³/mol. The van der Waals surface area contributed by atoms with Crippen molar-refractivity contribution >= 4 is 50.2 Å². The third-order valence-electron chi connectivity index (χ3n) is 4.71. The van der Waals surface area contributed by atoms with Crippen LogP contribution in [0.15, 0.2) is 28.5 Å². The lowest BCUT2D eigenvalue weighted by Gasteiger charge is -2.33. The van der Waals surface area contributed by atoms with E-state index in [4.69, 9.17) is 11.6 Å². The topological polar surface area (TPSA) is 57.7 Å². The lowest BCUT2D eigenvalue weighted by molar-refractivity contribution is -0.137. The van der Waals surface area contributed by atoms with E-state index in [0.29, 0.717) is 34.6 Å². The average Bonchev–Trinajstić information content (AvgIpc) is 3.27. The summed E-state index contributed by atoms with van der Waals surface area (Å²) >= 11 is 8.73. The average molecular weight is 447 g/mol. The number of amides is 1. The summed E-state index contributed by atoms with van der Waals surface area (Å²) < 4.78 is 28.3. The van der Waals surface area contributed by atoms with Crippen molar-refractivity contribution in [1.29, 1.82) is 0 Å². The molecule has 1 atom stereocenters. The zero-order valence-electron chi connectivity index (χ0n) is 15.4. The van der Waals surface area contributed by atoms with Gasteiger partial charge in [0.1, 0.15) is 4.21 Å². The Labute approximate surface area is 173 Å². The van der Waals surface area contributed by atoms with Gasteiger partial charge >= 0.3 is 0 Å². The summed E-state index contributed by atoms with van der Waals surface area (Å²) in [6.07, 6.45) is 1.42. The fourth-order valence-corrected chi connectivity index (χ4v) is 7.33. The van der Waals surface area contributed by atoms with Crippen LogP contribution in [-0.2, 0) is 21.4 Å². The highest BCUT2D eigenvalue weighted by atomic mass is 35.5. The maximum absolute atomic E-state index is 13.0. The van der Waals surface area contributed by atoms with Crippen molar-refractivity contribution in [2.75, 3.05) is 19.6 Å². The second kappa shape index (κ2) is 8.61. The van der Waals surface area contributed by atoms with Crippen LogP contribution in [0.2, 0.25) is 4.34 Å². The first-order valence-electron chi connectivity index (χ1n) is 8.91. The molecule has 5 nitrogen and oxygen atoms in total. The normalized spacial score (nSPS) is 18.6. The monoisotopic (exact) mass is 446 g/mol. The van der Waals surface area contributed by atoms with E-state index in [2.05, 4.69) is 0 Å². The van der Waals surface area contributed by atoms with Crippen molar-refractivity contribution in [2.45, 2.75) is 37.4 Å². The zero-order valence-corrected chi connectivity index (χ0v) is 18.6. The Balaban J connectivity index is 1.71. The molecule has 0 aromatic carbocycles. The van der Waals surface area contributed by atoms with Gasteiger partial charge in [0.25, 0.3) is 10.0 Å². The Morgan fingerprint density at radius 1 is 1.30 bits per heavy atom. The molecule has 1 aliphatic heterocycles. The summed E-state index contributed by atoms with van der Waals surface area (Å²) in [5.41, 5.74) is 0. The molecule has 1 aliphatic rings. The number of carbonyl (C=O) groups excluding carboxylic acids is 1. The summed E-state index contributed by atoms with van der Waals surface area (Å²) in [4.78, 5) is 16.8. The lowest BCUT2D eigenvalue weighted by atomic mass is 9.98. The van der Waals surface area contributed by atoms with Gasteiger partial charge in [-0.2, -0.15) is 4.31 Å². The molecule has 0 aliphatic carbocycles. The van der Waals surface area contributed by atoms with Crippen molar-refractivity contribution < 1.29 is 13.2 Å². The van der Waals surface area contributed by atoms with Gasteiger partial charge in [-0.15, -0.1) is 22.7 Å². The number of thiophene rings is 2. The summed E-state index contributed by atoms with van der Waals surface area (Å²) in [6, 6.07) is 7.23. The van der Waals surface area contributed by atoms with Crippen molar-refractivity contribution in [2.24, 2.45) is 5.92 Å². The molecule has 1 amide bonds. The molecule has 1 fully saturated rings. The van der Waals surface area contributed by atoms with Gasteiger partial charge in [0.2, 0.25) is 5.91 Å². The molecule has 0 bridgehead atoms. The first kappa shape index (κ1) is 20.8. The van der Waals surface area contributed by atoms with E-state index in [9.17, 15) is 13.2 Å². The number of halogens is 1. The Kier molecular flexibility index (Phi) is 6.63. The van der Waals surface area contributed by atoms with Crippen molar-refractivity contribution in [3.05, 3.63) is 38.4 Å². The lowest BCUT2D eigenvalue weighted by Crippen LogP contribution is -2.46. The number of aryl methyl sites for hydroxylation is 1. The quantitative estimate of drug-likeness (QED) is 0.667. The minimum absolute atomic E-state index is 0.0179. The summed E-state index contributed by atoms with van der Waals surface area (Å²) in [5, 5.41) is 0. The highest BCUT2D eigenvalue weighted by Gasteiger charge is 2.35. The van der Waals surface area contributed by atoms with Crippen molar-refractivity contribution in [1.82, 2.24) is 9.21 Å². The number of nitrogens with zero attached hydrogens (tertiary/aromatic N) is 2. The largest absolute Gasteiger partial charge is 0.338 e. The maximum atomic E-state index is 13.0. The smallest absolute Gasteiger partial charge is 0.252 e. The predicted octanol–water partition coefficient (Wildman–Crippen LogP) is 4.22. The van der Waals surface area contributed by atoms with E-state index in [1.165, 1.54) is 27.0 Å². The molecule has 9 heteroatoms. The molecular formula is C18H23ClN2O3S3. The Morgan fingerprint density at radius 2 is 2.07 bits per heavy atom. The number of hydrogen-bond acceptors (Lipinski definition) is 5. The minimum Gasteiger partial charge on any atom is -0.338 e. The Morgan fingerprint density at radius 3 is 2.67 bits per heavy atom. The molecule has 1 saturated heterocycles. The van der Waals surface area contributed by atoms with Crippen LogP contribution in [0, 0.1) is 12.8 Å². The number of carbonyl (C=O) groups is 1. The summed E-state index contributed by atoms with van der Waals surface area (Å²) in [5.74, 6) is -0.283. The van der Waals surface area contributed by atoms with Gasteiger partial charge in [0, 0.05) is 29.4 Å². The first-order valence-corrected chi connectivity index (χ1v) is 12.4. The van der Waals surface area contributed by atoms with Gasteiger partial charge in [-0.3, -0.25) is 4.79 Å². The second-order valence-electron chi connectivity index (χ2n) is 6.63. The van der Waals surface area contributed by atoms with Gasteiger partial charge in [-0.1, -0.05) is 11.6 Å². The van der Waals surface area contributed by atoms with Crippen LogP contribution in [0.5, 0.6) is 0 Å². The van der Waals surface area contributed by atoms with Crippen LogP contribution in [-0.4, -0.2) is 43.2 Å². The highest BCUT2D eigenvalue weighted by molar-refractivity contribution is 7.91. The van der Waals surface area contributed by atoms with E-state index in [-0.39, 0.29) is 18.4 Å². The summed E-state index contributed by atoms with van der Waals surface area (Å²) in [6.45, 7) is 5.65. The van der Waals surface area contributed by atoms with Gasteiger partial charge in [-0.25, -0.2) is 8.42 Å². The molecule has 148 valence electrons. The maximum Gasteiger partial charge on any atom is 0.252 e. The Hall–Kier alpha value is -0.930. The van der Waals surface area contributed by atoms with Gasteiger partial charge in [0.05, 0.1) is 16.8 Å². The van der Waals surface area contributed by atoms with Crippen LogP contribution < -0.4 is 0 Å². The fraction of sp³-hybridized carbons (Fsp3) is 0.500. The van der Waals surface area contributed by atoms with Gasteiger partial charge in [-0.05, 0) is 51.0 Å². The molecular weight excluding hydrogens is 424 g/mol. The van der Waals surface area contributed by atoms with E-state index >= 15 is 0 Å². The number of rotatable bonds is 6. The molecule has 2 aromatic heterocycles. The number of sulfonamides is 1. The molecule has 0 N–H and O–H groups in total. The SMILES string of the molecule is CCN(Cc1ccc(Cl)s1)C(=O)C1CCCN(S(=O)(=O)c2ccc(C)s2)C1. The third kappa shape index (κ3) is 4.74. The van der Waals surface area contributed by atoms with Crippen molar-refractivity contribution in [3.63, 3.8) is 0 Å². The third-order valence-corrected chi connectivity index (χ3v) is 9.26. The van der Waals surface area contributed by atoms with Crippen LogP contribution in [0.4, 0.5) is 0 Å². The molecule has 0 saturated carbocycles. The molecule has 1 unspecified atom stereocenters.